The molecule has 0 fully saturated rings. The zero-order valence-electron chi connectivity index (χ0n) is 7.08. The molecule has 0 aliphatic rings. The van der Waals surface area contributed by atoms with Gasteiger partial charge in [-0.25, -0.2) is 8.78 Å². The van der Waals surface area contributed by atoms with Crippen molar-refractivity contribution in [3.8, 4) is 0 Å². The van der Waals surface area contributed by atoms with Crippen molar-refractivity contribution in [2.45, 2.75) is 12.3 Å². The first-order valence-electron chi connectivity index (χ1n) is 3.64. The van der Waals surface area contributed by atoms with E-state index in [9.17, 15) is 18.9 Å². The van der Waals surface area contributed by atoms with Crippen molar-refractivity contribution < 1.29 is 13.7 Å². The van der Waals surface area contributed by atoms with Gasteiger partial charge >= 0.3 is 0 Å². The van der Waals surface area contributed by atoms with Gasteiger partial charge in [-0.1, -0.05) is 0 Å². The van der Waals surface area contributed by atoms with Crippen LogP contribution < -0.4 is 0 Å². The number of nitro groups is 1. The summed E-state index contributed by atoms with van der Waals surface area (Å²) >= 11 is 8.16. The van der Waals surface area contributed by atoms with Crippen LogP contribution in [0.4, 0.5) is 14.5 Å². The summed E-state index contributed by atoms with van der Waals surface area (Å²) in [6, 6.07) is 0. The van der Waals surface area contributed by atoms with Crippen LogP contribution in [0.1, 0.15) is 17.7 Å². The van der Waals surface area contributed by atoms with Gasteiger partial charge in [0.1, 0.15) is 10.2 Å². The lowest BCUT2D eigenvalue weighted by Crippen LogP contribution is -2.01. The van der Waals surface area contributed by atoms with Crippen LogP contribution in [-0.2, 0) is 5.88 Å². The molecule has 15 heavy (non-hydrogen) atoms. The van der Waals surface area contributed by atoms with E-state index in [1.807, 2.05) is 0 Å². The second-order valence-electron chi connectivity index (χ2n) is 2.52. The molecule has 0 amide bonds. The molecule has 8 heteroatoms. The minimum Gasteiger partial charge on any atom is -0.258 e. The highest BCUT2D eigenvalue weighted by molar-refractivity contribution is 9.10. The van der Waals surface area contributed by atoms with E-state index in [1.165, 1.54) is 0 Å². The first kappa shape index (κ1) is 12.3. The molecule has 0 aromatic carbocycles. The van der Waals surface area contributed by atoms with Gasteiger partial charge in [-0.3, -0.25) is 15.1 Å². The Morgan fingerprint density at radius 1 is 1.67 bits per heavy atom. The van der Waals surface area contributed by atoms with Gasteiger partial charge in [0.15, 0.2) is 0 Å². The normalized spacial score (nSPS) is 10.7. The Morgan fingerprint density at radius 2 is 2.27 bits per heavy atom. The van der Waals surface area contributed by atoms with Crippen LogP contribution in [0.25, 0.3) is 0 Å². The van der Waals surface area contributed by atoms with Crippen LogP contribution >= 0.6 is 27.5 Å². The summed E-state index contributed by atoms with van der Waals surface area (Å²) in [5.74, 6) is -0.161. The first-order valence-corrected chi connectivity index (χ1v) is 4.97. The lowest BCUT2D eigenvalue weighted by Gasteiger charge is -2.05. The van der Waals surface area contributed by atoms with Crippen molar-refractivity contribution in [1.82, 2.24) is 4.98 Å². The predicted octanol–water partition coefficient (Wildman–Crippen LogP) is 3.43. The summed E-state index contributed by atoms with van der Waals surface area (Å²) in [4.78, 5) is 13.3. The molecule has 4 nitrogen and oxygen atoms in total. The molecule has 1 rings (SSSR count). The van der Waals surface area contributed by atoms with E-state index in [0.29, 0.717) is 0 Å². The Morgan fingerprint density at radius 3 is 2.67 bits per heavy atom. The maximum Gasteiger partial charge on any atom is 0.291 e. The number of hydrogen-bond acceptors (Lipinski definition) is 3. The third kappa shape index (κ3) is 2.40. The van der Waals surface area contributed by atoms with E-state index in [1.54, 1.807) is 0 Å². The molecule has 0 atom stereocenters. The van der Waals surface area contributed by atoms with Gasteiger partial charge in [-0.05, 0) is 15.9 Å². The summed E-state index contributed by atoms with van der Waals surface area (Å²) in [5, 5.41) is 10.6. The topological polar surface area (TPSA) is 56.0 Å². The van der Waals surface area contributed by atoms with Crippen LogP contribution in [0.5, 0.6) is 0 Å². The Hall–Kier alpha value is -0.820. The van der Waals surface area contributed by atoms with Crippen molar-refractivity contribution in [1.29, 1.82) is 0 Å². The van der Waals surface area contributed by atoms with Crippen LogP contribution in [0.2, 0.25) is 0 Å². The fraction of sp³-hybridized carbons (Fsp3) is 0.286. The number of nitrogens with zero attached hydrogens (tertiary/aromatic N) is 2. The van der Waals surface area contributed by atoms with Gasteiger partial charge in [-0.15, -0.1) is 11.6 Å². The third-order valence-corrected chi connectivity index (χ3v) is 2.70. The van der Waals surface area contributed by atoms with Crippen molar-refractivity contribution >= 4 is 33.2 Å². The van der Waals surface area contributed by atoms with Gasteiger partial charge in [0.25, 0.3) is 12.1 Å². The summed E-state index contributed by atoms with van der Waals surface area (Å²) in [6.45, 7) is 0. The fourth-order valence-corrected chi connectivity index (χ4v) is 1.85. The highest BCUT2D eigenvalue weighted by atomic mass is 79.9. The van der Waals surface area contributed by atoms with Gasteiger partial charge in [0.05, 0.1) is 16.4 Å². The molecular formula is C7H4BrClF2N2O2. The second kappa shape index (κ2) is 4.80. The monoisotopic (exact) mass is 300 g/mol. The molecule has 1 aromatic heterocycles. The molecule has 1 heterocycles. The lowest BCUT2D eigenvalue weighted by molar-refractivity contribution is -0.386. The molecule has 0 saturated carbocycles. The smallest absolute Gasteiger partial charge is 0.258 e. The number of alkyl halides is 3. The van der Waals surface area contributed by atoms with E-state index in [0.717, 1.165) is 6.20 Å². The number of hydrogen-bond donors (Lipinski definition) is 0. The maximum absolute atomic E-state index is 12.4. The quantitative estimate of drug-likeness (QED) is 0.488. The summed E-state index contributed by atoms with van der Waals surface area (Å²) in [6.07, 6.45) is -1.89. The standard InChI is InChI=1S/C7H4BrClF2N2O2/c8-4-5(7(10)11)12-2-3(1-9)6(4)13(14)15/h2,7H,1H2. The van der Waals surface area contributed by atoms with Crippen LogP contribution in [0.15, 0.2) is 10.7 Å². The zero-order valence-corrected chi connectivity index (χ0v) is 9.43. The molecule has 0 aliphatic heterocycles. The van der Waals surface area contributed by atoms with Crippen molar-refractivity contribution in [3.05, 3.63) is 32.0 Å². The van der Waals surface area contributed by atoms with Crippen LogP contribution in [0.3, 0.4) is 0 Å². The van der Waals surface area contributed by atoms with Gasteiger partial charge in [0, 0.05) is 6.20 Å². The highest BCUT2D eigenvalue weighted by Gasteiger charge is 2.25. The predicted molar refractivity (Wildman–Crippen MR) is 53.1 cm³/mol. The summed E-state index contributed by atoms with van der Waals surface area (Å²) in [7, 11) is 0. The molecule has 0 N–H and O–H groups in total. The van der Waals surface area contributed by atoms with E-state index >= 15 is 0 Å². The van der Waals surface area contributed by atoms with E-state index in [-0.39, 0.29) is 15.9 Å². The Labute approximate surface area is 96.5 Å². The molecule has 0 radical (unpaired) electrons. The number of halogens is 4. The SMILES string of the molecule is O=[N+]([O-])c1c(CCl)cnc(C(F)F)c1Br. The Balaban J connectivity index is 3.42. The number of aromatic nitrogens is 1. The van der Waals surface area contributed by atoms with Crippen LogP contribution in [0, 0.1) is 10.1 Å². The van der Waals surface area contributed by atoms with Gasteiger partial charge in [0.2, 0.25) is 0 Å². The summed E-state index contributed by atoms with van der Waals surface area (Å²) < 4.78 is 24.4. The van der Waals surface area contributed by atoms with E-state index in [2.05, 4.69) is 20.9 Å². The number of pyridine rings is 1. The molecular weight excluding hydrogens is 297 g/mol. The molecule has 82 valence electrons. The molecule has 0 spiro atoms. The Bertz CT molecular complexity index is 403. The third-order valence-electron chi connectivity index (χ3n) is 1.63. The maximum atomic E-state index is 12.4. The minimum atomic E-state index is -2.87. The molecule has 0 unspecified atom stereocenters. The van der Waals surface area contributed by atoms with Gasteiger partial charge in [-0.2, -0.15) is 0 Å². The first-order chi connectivity index (χ1) is 6.99. The van der Waals surface area contributed by atoms with E-state index < -0.39 is 22.7 Å². The Kier molecular flexibility index (Phi) is 3.92. The average molecular weight is 301 g/mol. The molecule has 0 bridgehead atoms. The molecule has 0 aliphatic carbocycles. The summed E-state index contributed by atoms with van der Waals surface area (Å²) in [5.41, 5.74) is -1.02. The minimum absolute atomic E-state index is 0.0953. The zero-order chi connectivity index (χ0) is 11.6. The van der Waals surface area contributed by atoms with E-state index in [4.69, 9.17) is 11.6 Å². The number of rotatable bonds is 3. The van der Waals surface area contributed by atoms with Crippen molar-refractivity contribution in [2.24, 2.45) is 0 Å². The van der Waals surface area contributed by atoms with Crippen LogP contribution in [-0.4, -0.2) is 9.91 Å². The largest absolute Gasteiger partial charge is 0.291 e. The fourth-order valence-electron chi connectivity index (χ4n) is 0.975. The molecule has 0 saturated heterocycles. The van der Waals surface area contributed by atoms with Crippen molar-refractivity contribution in [3.63, 3.8) is 0 Å². The second-order valence-corrected chi connectivity index (χ2v) is 3.58. The van der Waals surface area contributed by atoms with Crippen molar-refractivity contribution in [2.75, 3.05) is 0 Å². The highest BCUT2D eigenvalue weighted by Crippen LogP contribution is 2.35. The van der Waals surface area contributed by atoms with Gasteiger partial charge < -0.3 is 0 Å². The lowest BCUT2D eigenvalue weighted by atomic mass is 10.2. The average Bonchev–Trinajstić information content (AvgIpc) is 2.15. The molecule has 1 aromatic rings.